The van der Waals surface area contributed by atoms with E-state index in [1.807, 2.05) is 11.3 Å². The van der Waals surface area contributed by atoms with Crippen molar-refractivity contribution in [3.05, 3.63) is 22.4 Å². The van der Waals surface area contributed by atoms with Gasteiger partial charge in [0.25, 0.3) is 0 Å². The molecule has 2 heteroatoms. The Kier molecular flexibility index (Phi) is 7.81. The molecule has 1 unspecified atom stereocenters. The van der Waals surface area contributed by atoms with Crippen molar-refractivity contribution < 1.29 is 0 Å². The van der Waals surface area contributed by atoms with Crippen LogP contribution in [0.25, 0.3) is 0 Å². The molecule has 1 atom stereocenters. The molecule has 1 fully saturated rings. The molecule has 21 heavy (non-hydrogen) atoms. The third-order valence-electron chi connectivity index (χ3n) is 5.08. The van der Waals surface area contributed by atoms with E-state index < -0.39 is 0 Å². The van der Waals surface area contributed by atoms with Gasteiger partial charge in [-0.05, 0) is 55.5 Å². The highest BCUT2D eigenvalue weighted by Gasteiger charge is 2.27. The number of hydrogen-bond donors (Lipinski definition) is 1. The monoisotopic (exact) mass is 307 g/mol. The van der Waals surface area contributed by atoms with E-state index in [2.05, 4.69) is 36.7 Å². The molecule has 1 saturated carbocycles. The summed E-state index contributed by atoms with van der Waals surface area (Å²) in [4.78, 5) is 1.55. The van der Waals surface area contributed by atoms with Gasteiger partial charge in [0.05, 0.1) is 0 Å². The fraction of sp³-hybridized carbons (Fsp3) is 0.789. The predicted molar refractivity (Wildman–Crippen MR) is 95.1 cm³/mol. The van der Waals surface area contributed by atoms with Crippen LogP contribution in [0.5, 0.6) is 0 Å². The Bertz CT molecular complexity index is 352. The van der Waals surface area contributed by atoms with Gasteiger partial charge in [-0.25, -0.2) is 0 Å². The van der Waals surface area contributed by atoms with Gasteiger partial charge in [-0.15, -0.1) is 11.3 Å². The summed E-state index contributed by atoms with van der Waals surface area (Å²) >= 11 is 1.92. The normalized spacial score (nSPS) is 24.1. The molecule has 1 aromatic heterocycles. The maximum Gasteiger partial charge on any atom is 0.0144 e. The van der Waals surface area contributed by atoms with Gasteiger partial charge < -0.3 is 5.32 Å². The Morgan fingerprint density at radius 3 is 2.62 bits per heavy atom. The smallest absolute Gasteiger partial charge is 0.0144 e. The Labute approximate surface area is 135 Å². The molecule has 0 saturated heterocycles. The minimum absolute atomic E-state index is 0.704. The standard InChI is InChI=1S/C19H33NS/c1-3-5-7-16-9-11-17(12-10-16)19(20-13-4-2)15-18-8-6-14-21-18/h6,8,14,16-17,19-20H,3-5,7,9-13,15H2,1-2H3. The van der Waals surface area contributed by atoms with E-state index in [0.717, 1.165) is 11.8 Å². The molecule has 120 valence electrons. The highest BCUT2D eigenvalue weighted by atomic mass is 32.1. The molecule has 1 N–H and O–H groups in total. The first-order valence-corrected chi connectivity index (χ1v) is 9.97. The van der Waals surface area contributed by atoms with Gasteiger partial charge in [0.2, 0.25) is 0 Å². The minimum atomic E-state index is 0.704. The third-order valence-corrected chi connectivity index (χ3v) is 5.98. The van der Waals surface area contributed by atoms with Crippen LogP contribution in [0.15, 0.2) is 17.5 Å². The molecule has 0 aromatic carbocycles. The molecule has 0 radical (unpaired) electrons. The van der Waals surface area contributed by atoms with Gasteiger partial charge in [0, 0.05) is 10.9 Å². The van der Waals surface area contributed by atoms with Crippen LogP contribution in [0.3, 0.4) is 0 Å². The molecule has 1 nitrogen and oxygen atoms in total. The van der Waals surface area contributed by atoms with Crippen LogP contribution in [-0.4, -0.2) is 12.6 Å². The molecule has 1 heterocycles. The van der Waals surface area contributed by atoms with Crippen molar-refractivity contribution in [3.63, 3.8) is 0 Å². The van der Waals surface area contributed by atoms with Gasteiger partial charge in [0.1, 0.15) is 0 Å². The minimum Gasteiger partial charge on any atom is -0.313 e. The van der Waals surface area contributed by atoms with Crippen molar-refractivity contribution >= 4 is 11.3 Å². The van der Waals surface area contributed by atoms with E-state index in [9.17, 15) is 0 Å². The molecular weight excluding hydrogens is 274 g/mol. The first-order chi connectivity index (χ1) is 10.3. The number of nitrogens with one attached hydrogen (secondary N) is 1. The topological polar surface area (TPSA) is 12.0 Å². The molecular formula is C19H33NS. The summed E-state index contributed by atoms with van der Waals surface area (Å²) < 4.78 is 0. The lowest BCUT2D eigenvalue weighted by molar-refractivity contribution is 0.211. The number of thiophene rings is 1. The van der Waals surface area contributed by atoms with E-state index in [1.54, 1.807) is 4.88 Å². The van der Waals surface area contributed by atoms with Crippen LogP contribution in [0.1, 0.15) is 70.1 Å². The third kappa shape index (κ3) is 5.75. The van der Waals surface area contributed by atoms with Crippen molar-refractivity contribution in [2.45, 2.75) is 77.7 Å². The van der Waals surface area contributed by atoms with Gasteiger partial charge in [-0.2, -0.15) is 0 Å². The van der Waals surface area contributed by atoms with E-state index in [0.29, 0.717) is 6.04 Å². The lowest BCUT2D eigenvalue weighted by atomic mass is 9.76. The molecule has 0 amide bonds. The summed E-state index contributed by atoms with van der Waals surface area (Å²) in [5, 5.41) is 6.06. The average Bonchev–Trinajstić information content (AvgIpc) is 3.03. The van der Waals surface area contributed by atoms with E-state index in [-0.39, 0.29) is 0 Å². The zero-order chi connectivity index (χ0) is 14.9. The molecule has 2 rings (SSSR count). The van der Waals surface area contributed by atoms with Crippen molar-refractivity contribution in [1.82, 2.24) is 5.32 Å². The second kappa shape index (κ2) is 9.63. The van der Waals surface area contributed by atoms with Crippen LogP contribution >= 0.6 is 11.3 Å². The quantitative estimate of drug-likeness (QED) is 0.621. The van der Waals surface area contributed by atoms with Gasteiger partial charge >= 0.3 is 0 Å². The molecule has 1 aliphatic carbocycles. The van der Waals surface area contributed by atoms with Crippen molar-refractivity contribution in [2.75, 3.05) is 6.54 Å². The summed E-state index contributed by atoms with van der Waals surface area (Å²) in [5.41, 5.74) is 0. The molecule has 1 aliphatic rings. The second-order valence-corrected chi connectivity index (χ2v) is 7.80. The predicted octanol–water partition coefficient (Wildman–Crippen LogP) is 5.66. The largest absolute Gasteiger partial charge is 0.313 e. The van der Waals surface area contributed by atoms with Crippen LogP contribution < -0.4 is 5.32 Å². The van der Waals surface area contributed by atoms with E-state index in [1.165, 1.54) is 64.3 Å². The van der Waals surface area contributed by atoms with Crippen LogP contribution in [0.4, 0.5) is 0 Å². The average molecular weight is 308 g/mol. The summed E-state index contributed by atoms with van der Waals surface area (Å²) in [6.07, 6.45) is 12.6. The number of unbranched alkanes of at least 4 members (excludes halogenated alkanes) is 1. The molecule has 0 bridgehead atoms. The van der Waals surface area contributed by atoms with Crippen LogP contribution in [0, 0.1) is 11.8 Å². The Balaban J connectivity index is 1.83. The number of rotatable bonds is 9. The zero-order valence-electron chi connectivity index (χ0n) is 13.9. The summed E-state index contributed by atoms with van der Waals surface area (Å²) in [7, 11) is 0. The highest BCUT2D eigenvalue weighted by Crippen LogP contribution is 2.34. The van der Waals surface area contributed by atoms with Gasteiger partial charge in [-0.3, -0.25) is 0 Å². The maximum absolute atomic E-state index is 3.84. The first kappa shape index (κ1) is 17.0. The van der Waals surface area contributed by atoms with Crippen LogP contribution in [0.2, 0.25) is 0 Å². The summed E-state index contributed by atoms with van der Waals surface area (Å²) in [6.45, 7) is 5.76. The van der Waals surface area contributed by atoms with Crippen molar-refractivity contribution in [1.29, 1.82) is 0 Å². The Hall–Kier alpha value is -0.340. The van der Waals surface area contributed by atoms with Crippen molar-refractivity contribution in [3.8, 4) is 0 Å². The lowest BCUT2D eigenvalue weighted by Crippen LogP contribution is -2.40. The summed E-state index contributed by atoms with van der Waals surface area (Å²) in [5.74, 6) is 1.92. The van der Waals surface area contributed by atoms with Gasteiger partial charge in [0.15, 0.2) is 0 Å². The Morgan fingerprint density at radius 2 is 2.00 bits per heavy atom. The Morgan fingerprint density at radius 1 is 1.19 bits per heavy atom. The van der Waals surface area contributed by atoms with Gasteiger partial charge in [-0.1, -0.05) is 52.0 Å². The number of hydrogen-bond acceptors (Lipinski definition) is 2. The SMILES string of the molecule is CCCCC1CCC(C(Cc2cccs2)NCCC)CC1. The first-order valence-electron chi connectivity index (χ1n) is 9.09. The van der Waals surface area contributed by atoms with Crippen LogP contribution in [-0.2, 0) is 6.42 Å². The molecule has 0 spiro atoms. The lowest BCUT2D eigenvalue weighted by Gasteiger charge is -2.34. The molecule has 0 aliphatic heterocycles. The highest BCUT2D eigenvalue weighted by molar-refractivity contribution is 7.09. The van der Waals surface area contributed by atoms with Crippen molar-refractivity contribution in [2.24, 2.45) is 11.8 Å². The van der Waals surface area contributed by atoms with E-state index in [4.69, 9.17) is 0 Å². The fourth-order valence-electron chi connectivity index (χ4n) is 3.75. The fourth-order valence-corrected chi connectivity index (χ4v) is 4.52. The van der Waals surface area contributed by atoms with E-state index >= 15 is 0 Å². The molecule has 1 aromatic rings. The maximum atomic E-state index is 3.84. The zero-order valence-corrected chi connectivity index (χ0v) is 14.8. The second-order valence-electron chi connectivity index (χ2n) is 6.77. The summed E-state index contributed by atoms with van der Waals surface area (Å²) in [6, 6.07) is 5.20.